The van der Waals surface area contributed by atoms with Crippen molar-refractivity contribution in [2.75, 3.05) is 11.5 Å². The first-order valence-corrected chi connectivity index (χ1v) is 5.53. The molecule has 0 saturated heterocycles. The zero-order chi connectivity index (χ0) is 12.7. The third kappa shape index (κ3) is 5.56. The molecule has 92 valence electrons. The SMILES string of the molecule is N[C@@H](CCSCC(C(=O)O)C(=O)O)C(=O)O. The first-order valence-electron chi connectivity index (χ1n) is 4.38. The molecule has 0 aromatic rings. The van der Waals surface area contributed by atoms with Crippen LogP contribution in [0.4, 0.5) is 0 Å². The molecule has 0 heterocycles. The van der Waals surface area contributed by atoms with Crippen molar-refractivity contribution in [2.45, 2.75) is 12.5 Å². The topological polar surface area (TPSA) is 138 Å². The van der Waals surface area contributed by atoms with Crippen molar-refractivity contribution >= 4 is 29.7 Å². The van der Waals surface area contributed by atoms with Gasteiger partial charge >= 0.3 is 17.9 Å². The van der Waals surface area contributed by atoms with Crippen LogP contribution >= 0.6 is 11.8 Å². The van der Waals surface area contributed by atoms with Crippen LogP contribution in [0.2, 0.25) is 0 Å². The second-order valence-electron chi connectivity index (χ2n) is 3.04. The van der Waals surface area contributed by atoms with E-state index in [1.165, 1.54) is 0 Å². The predicted molar refractivity (Wildman–Crippen MR) is 56.3 cm³/mol. The van der Waals surface area contributed by atoms with Gasteiger partial charge in [0.25, 0.3) is 0 Å². The van der Waals surface area contributed by atoms with Gasteiger partial charge < -0.3 is 21.1 Å². The summed E-state index contributed by atoms with van der Waals surface area (Å²) in [6, 6.07) is -0.999. The normalized spacial score (nSPS) is 12.4. The standard InChI is InChI=1S/C8H13NO6S/c9-5(8(14)15)1-2-16-3-4(6(10)11)7(12)13/h4-5H,1-3,9H2,(H,10,11)(H,12,13)(H,14,15)/t5-/m0/s1. The number of nitrogens with two attached hydrogens (primary N) is 1. The van der Waals surface area contributed by atoms with E-state index in [2.05, 4.69) is 0 Å². The maximum Gasteiger partial charge on any atom is 0.320 e. The summed E-state index contributed by atoms with van der Waals surface area (Å²) in [6.07, 6.45) is 0.173. The van der Waals surface area contributed by atoms with E-state index in [0.29, 0.717) is 5.75 Å². The molecule has 0 aliphatic carbocycles. The predicted octanol–water partition coefficient (Wildman–Crippen LogP) is -0.693. The molecule has 0 rings (SSSR count). The Morgan fingerprint density at radius 1 is 1.06 bits per heavy atom. The van der Waals surface area contributed by atoms with Gasteiger partial charge in [-0.05, 0) is 12.2 Å². The molecule has 16 heavy (non-hydrogen) atoms. The molecular weight excluding hydrogens is 238 g/mol. The number of aliphatic carboxylic acids is 3. The summed E-state index contributed by atoms with van der Waals surface area (Å²) < 4.78 is 0. The minimum atomic E-state index is -1.47. The molecule has 0 aromatic heterocycles. The zero-order valence-electron chi connectivity index (χ0n) is 8.33. The Hall–Kier alpha value is -1.28. The van der Waals surface area contributed by atoms with Crippen LogP contribution in [0.1, 0.15) is 6.42 Å². The Bertz CT molecular complexity index is 268. The minimum Gasteiger partial charge on any atom is -0.481 e. The van der Waals surface area contributed by atoms with Gasteiger partial charge in [-0.2, -0.15) is 11.8 Å². The summed E-state index contributed by atoms with van der Waals surface area (Å²) in [5.74, 6) is -5.19. The van der Waals surface area contributed by atoms with E-state index >= 15 is 0 Å². The molecular formula is C8H13NO6S. The van der Waals surface area contributed by atoms with E-state index in [1.807, 2.05) is 0 Å². The van der Waals surface area contributed by atoms with Gasteiger partial charge in [0.2, 0.25) is 0 Å². The molecule has 0 unspecified atom stereocenters. The van der Waals surface area contributed by atoms with Crippen LogP contribution < -0.4 is 5.73 Å². The third-order valence-corrected chi connectivity index (χ3v) is 2.86. The summed E-state index contributed by atoms with van der Waals surface area (Å²) >= 11 is 1.06. The molecule has 0 bridgehead atoms. The van der Waals surface area contributed by atoms with Gasteiger partial charge in [-0.1, -0.05) is 0 Å². The molecule has 0 saturated carbocycles. The molecule has 0 fully saturated rings. The lowest BCUT2D eigenvalue weighted by Gasteiger charge is -2.08. The van der Waals surface area contributed by atoms with Gasteiger partial charge in [0.15, 0.2) is 5.92 Å². The van der Waals surface area contributed by atoms with E-state index < -0.39 is 29.9 Å². The van der Waals surface area contributed by atoms with Crippen LogP contribution in [0.5, 0.6) is 0 Å². The molecule has 8 heteroatoms. The number of carboxylic acids is 3. The minimum absolute atomic E-state index is 0.100. The van der Waals surface area contributed by atoms with Crippen LogP contribution in [-0.4, -0.2) is 50.8 Å². The molecule has 0 aliphatic heterocycles. The van der Waals surface area contributed by atoms with Gasteiger partial charge in [0, 0.05) is 5.75 Å². The quantitative estimate of drug-likeness (QED) is 0.328. The van der Waals surface area contributed by atoms with Crippen molar-refractivity contribution in [1.82, 2.24) is 0 Å². The number of hydrogen-bond acceptors (Lipinski definition) is 5. The second-order valence-corrected chi connectivity index (χ2v) is 4.19. The second kappa shape index (κ2) is 7.07. The van der Waals surface area contributed by atoms with Gasteiger partial charge in [0.05, 0.1) is 0 Å². The fourth-order valence-corrected chi connectivity index (χ4v) is 1.89. The lowest BCUT2D eigenvalue weighted by Crippen LogP contribution is -2.31. The summed E-state index contributed by atoms with van der Waals surface area (Å²) in [4.78, 5) is 31.2. The van der Waals surface area contributed by atoms with Crippen LogP contribution in [0.3, 0.4) is 0 Å². The smallest absolute Gasteiger partial charge is 0.320 e. The highest BCUT2D eigenvalue weighted by Crippen LogP contribution is 2.11. The van der Waals surface area contributed by atoms with Crippen LogP contribution in [0.25, 0.3) is 0 Å². The monoisotopic (exact) mass is 251 g/mol. The van der Waals surface area contributed by atoms with Crippen molar-refractivity contribution in [1.29, 1.82) is 0 Å². The number of carboxylic acid groups (broad SMARTS) is 3. The molecule has 1 atom stereocenters. The van der Waals surface area contributed by atoms with Crippen molar-refractivity contribution in [3.63, 3.8) is 0 Å². The van der Waals surface area contributed by atoms with Gasteiger partial charge in [-0.3, -0.25) is 14.4 Å². The first kappa shape index (κ1) is 14.7. The number of hydrogen-bond donors (Lipinski definition) is 4. The van der Waals surface area contributed by atoms with Crippen molar-refractivity contribution in [3.05, 3.63) is 0 Å². The highest BCUT2D eigenvalue weighted by atomic mass is 32.2. The Labute approximate surface area is 95.6 Å². The summed E-state index contributed by atoms with van der Waals surface area (Å²) in [6.45, 7) is 0. The highest BCUT2D eigenvalue weighted by molar-refractivity contribution is 7.99. The van der Waals surface area contributed by atoms with Gasteiger partial charge in [0.1, 0.15) is 6.04 Å². The van der Waals surface area contributed by atoms with E-state index in [0.717, 1.165) is 11.8 Å². The number of thioether (sulfide) groups is 1. The van der Waals surface area contributed by atoms with Gasteiger partial charge in [-0.15, -0.1) is 0 Å². The van der Waals surface area contributed by atoms with Gasteiger partial charge in [-0.25, -0.2) is 0 Å². The lowest BCUT2D eigenvalue weighted by molar-refractivity contribution is -0.153. The van der Waals surface area contributed by atoms with Crippen LogP contribution in [0.15, 0.2) is 0 Å². The lowest BCUT2D eigenvalue weighted by atomic mass is 10.2. The fourth-order valence-electron chi connectivity index (χ4n) is 0.783. The largest absolute Gasteiger partial charge is 0.481 e. The maximum absolute atomic E-state index is 10.5. The maximum atomic E-state index is 10.5. The van der Waals surface area contributed by atoms with Crippen LogP contribution in [0, 0.1) is 5.92 Å². The van der Waals surface area contributed by atoms with E-state index in [4.69, 9.17) is 21.1 Å². The van der Waals surface area contributed by atoms with E-state index in [1.54, 1.807) is 0 Å². The highest BCUT2D eigenvalue weighted by Gasteiger charge is 2.25. The average molecular weight is 251 g/mol. The van der Waals surface area contributed by atoms with Crippen molar-refractivity contribution < 1.29 is 29.7 Å². The van der Waals surface area contributed by atoms with Crippen molar-refractivity contribution in [3.8, 4) is 0 Å². The summed E-state index contributed by atoms with van der Waals surface area (Å²) in [7, 11) is 0. The first-order chi connectivity index (χ1) is 7.36. The van der Waals surface area contributed by atoms with Crippen molar-refractivity contribution in [2.24, 2.45) is 11.7 Å². The Morgan fingerprint density at radius 2 is 1.56 bits per heavy atom. The molecule has 0 radical (unpaired) electrons. The summed E-state index contributed by atoms with van der Waals surface area (Å²) in [5.41, 5.74) is 5.21. The Kier molecular flexibility index (Phi) is 6.50. The van der Waals surface area contributed by atoms with Crippen LogP contribution in [-0.2, 0) is 14.4 Å². The Balaban J connectivity index is 3.84. The Morgan fingerprint density at radius 3 is 1.94 bits per heavy atom. The molecule has 0 spiro atoms. The number of carbonyl (C=O) groups is 3. The average Bonchev–Trinajstić information content (AvgIpc) is 2.15. The molecule has 0 amide bonds. The summed E-state index contributed by atoms with van der Waals surface area (Å²) in [5, 5.41) is 25.5. The van der Waals surface area contributed by atoms with E-state index in [-0.39, 0.29) is 12.2 Å². The number of rotatable bonds is 8. The molecule has 0 aromatic carbocycles. The fraction of sp³-hybridized carbons (Fsp3) is 0.625. The van der Waals surface area contributed by atoms with E-state index in [9.17, 15) is 14.4 Å². The third-order valence-electron chi connectivity index (χ3n) is 1.77. The molecule has 7 nitrogen and oxygen atoms in total. The molecule has 5 N–H and O–H groups in total. The molecule has 0 aliphatic rings. The zero-order valence-corrected chi connectivity index (χ0v) is 9.14.